The molecule has 1 unspecified atom stereocenters. The second kappa shape index (κ2) is 8.71. The van der Waals surface area contributed by atoms with Crippen LogP contribution in [0.25, 0.3) is 22.3 Å². The van der Waals surface area contributed by atoms with Gasteiger partial charge < -0.3 is 4.74 Å². The summed E-state index contributed by atoms with van der Waals surface area (Å²) in [6.45, 7) is 3.92. The maximum Gasteiger partial charge on any atom is 0.198 e. The highest BCUT2D eigenvalue weighted by Gasteiger charge is 2.35. The van der Waals surface area contributed by atoms with Gasteiger partial charge in [0.25, 0.3) is 0 Å². The Balaban J connectivity index is 1.56. The summed E-state index contributed by atoms with van der Waals surface area (Å²) in [7, 11) is 1.58. The molecule has 0 saturated heterocycles. The lowest BCUT2D eigenvalue weighted by atomic mass is 9.87. The minimum Gasteiger partial charge on any atom is -0.366 e. The van der Waals surface area contributed by atoms with E-state index in [4.69, 9.17) is 4.74 Å². The third-order valence-corrected chi connectivity index (χ3v) is 5.92. The van der Waals surface area contributed by atoms with Gasteiger partial charge in [-0.05, 0) is 41.7 Å². The zero-order chi connectivity index (χ0) is 21.8. The minimum atomic E-state index is -1.02. The van der Waals surface area contributed by atoms with E-state index in [9.17, 15) is 4.79 Å². The lowest BCUT2D eigenvalue weighted by Crippen LogP contribution is -2.34. The summed E-state index contributed by atoms with van der Waals surface area (Å²) in [5.41, 5.74) is 6.31. The second-order valence-electron chi connectivity index (χ2n) is 7.95. The van der Waals surface area contributed by atoms with E-state index in [2.05, 4.69) is 55.5 Å². The summed E-state index contributed by atoms with van der Waals surface area (Å²) in [6.07, 6.45) is 0. The molecule has 2 nitrogen and oxygen atoms in total. The Morgan fingerprint density at radius 2 is 1.06 bits per heavy atom. The number of hydrogen-bond acceptors (Lipinski definition) is 2. The summed E-state index contributed by atoms with van der Waals surface area (Å²) in [4.78, 5) is 13.2. The quantitative estimate of drug-likeness (QED) is 0.320. The first-order valence-corrected chi connectivity index (χ1v) is 10.4. The smallest absolute Gasteiger partial charge is 0.198 e. The monoisotopic (exact) mass is 406 g/mol. The Bertz CT molecular complexity index is 1160. The number of ether oxygens (including phenoxy) is 1. The number of Topliss-reactive ketones (excluding diaryl/α,β-unsaturated/α-hetero) is 1. The Morgan fingerprint density at radius 1 is 0.645 bits per heavy atom. The van der Waals surface area contributed by atoms with Crippen molar-refractivity contribution < 1.29 is 9.53 Å². The number of aryl methyl sites for hydroxylation is 1. The summed E-state index contributed by atoms with van der Waals surface area (Å²) < 4.78 is 5.67. The molecule has 0 heterocycles. The number of hydrogen-bond donors (Lipinski definition) is 0. The predicted molar refractivity (Wildman–Crippen MR) is 127 cm³/mol. The molecule has 4 rings (SSSR count). The highest BCUT2D eigenvalue weighted by atomic mass is 16.5. The molecule has 1 atom stereocenters. The van der Waals surface area contributed by atoms with E-state index in [0.29, 0.717) is 5.56 Å². The third-order valence-electron chi connectivity index (χ3n) is 5.92. The van der Waals surface area contributed by atoms with E-state index < -0.39 is 5.60 Å². The van der Waals surface area contributed by atoms with E-state index >= 15 is 0 Å². The highest BCUT2D eigenvalue weighted by molar-refractivity contribution is 6.03. The van der Waals surface area contributed by atoms with Crippen LogP contribution in [0.1, 0.15) is 28.4 Å². The van der Waals surface area contributed by atoms with Crippen molar-refractivity contribution in [1.82, 2.24) is 0 Å². The molecule has 0 N–H and O–H groups in total. The first-order chi connectivity index (χ1) is 15.0. The molecule has 4 aromatic carbocycles. The Morgan fingerprint density at radius 3 is 1.52 bits per heavy atom. The molecule has 0 aliphatic carbocycles. The van der Waals surface area contributed by atoms with Gasteiger partial charge in [0.05, 0.1) is 0 Å². The predicted octanol–water partition coefficient (Wildman–Crippen LogP) is 7.07. The van der Waals surface area contributed by atoms with Crippen molar-refractivity contribution in [1.29, 1.82) is 0 Å². The zero-order valence-electron chi connectivity index (χ0n) is 18.1. The normalized spacial score (nSPS) is 12.9. The first-order valence-electron chi connectivity index (χ1n) is 10.4. The summed E-state index contributed by atoms with van der Waals surface area (Å²) in [5, 5.41) is 0. The summed E-state index contributed by atoms with van der Waals surface area (Å²) in [5.74, 6) is -0.0533. The van der Waals surface area contributed by atoms with Crippen LogP contribution < -0.4 is 0 Å². The van der Waals surface area contributed by atoms with Gasteiger partial charge in [0.1, 0.15) is 0 Å². The van der Waals surface area contributed by atoms with E-state index in [-0.39, 0.29) is 5.78 Å². The molecule has 0 aliphatic heterocycles. The molecule has 4 aromatic rings. The van der Waals surface area contributed by atoms with Gasteiger partial charge in [-0.1, -0.05) is 109 Å². The van der Waals surface area contributed by atoms with Crippen LogP contribution in [0.2, 0.25) is 0 Å². The van der Waals surface area contributed by atoms with Crippen LogP contribution in [0, 0.1) is 6.92 Å². The van der Waals surface area contributed by atoms with Crippen molar-refractivity contribution in [2.45, 2.75) is 19.4 Å². The topological polar surface area (TPSA) is 26.3 Å². The molecule has 31 heavy (non-hydrogen) atoms. The lowest BCUT2D eigenvalue weighted by molar-refractivity contribution is 0.0101. The Hall–Kier alpha value is -3.49. The van der Waals surface area contributed by atoms with Crippen molar-refractivity contribution in [2.75, 3.05) is 7.11 Å². The van der Waals surface area contributed by atoms with Crippen molar-refractivity contribution >= 4 is 5.78 Å². The number of ketones is 1. The van der Waals surface area contributed by atoms with Gasteiger partial charge >= 0.3 is 0 Å². The van der Waals surface area contributed by atoms with Gasteiger partial charge in [0, 0.05) is 12.7 Å². The molecule has 0 amide bonds. The van der Waals surface area contributed by atoms with Crippen LogP contribution in [0.5, 0.6) is 0 Å². The average Bonchev–Trinajstić information content (AvgIpc) is 2.84. The highest BCUT2D eigenvalue weighted by Crippen LogP contribution is 2.30. The number of benzene rings is 4. The van der Waals surface area contributed by atoms with E-state index in [0.717, 1.165) is 16.7 Å². The molecule has 0 aliphatic rings. The van der Waals surface area contributed by atoms with Crippen LogP contribution >= 0.6 is 0 Å². The van der Waals surface area contributed by atoms with Gasteiger partial charge in [-0.3, -0.25) is 4.79 Å². The van der Waals surface area contributed by atoms with Gasteiger partial charge in [-0.15, -0.1) is 0 Å². The molecule has 0 saturated carbocycles. The van der Waals surface area contributed by atoms with Crippen molar-refractivity contribution in [3.8, 4) is 22.3 Å². The molecular formula is C29H26O2. The van der Waals surface area contributed by atoms with Crippen LogP contribution in [0.3, 0.4) is 0 Å². The third kappa shape index (κ3) is 4.21. The molecule has 154 valence electrons. The van der Waals surface area contributed by atoms with Crippen molar-refractivity contribution in [2.24, 2.45) is 0 Å². The van der Waals surface area contributed by atoms with Gasteiger partial charge in [-0.25, -0.2) is 0 Å². The van der Waals surface area contributed by atoms with Gasteiger partial charge in [0.15, 0.2) is 11.4 Å². The fourth-order valence-electron chi connectivity index (χ4n) is 3.79. The fraction of sp³-hybridized carbons (Fsp3) is 0.138. The fourth-order valence-corrected chi connectivity index (χ4v) is 3.79. The molecular weight excluding hydrogens is 380 g/mol. The molecule has 0 fully saturated rings. The largest absolute Gasteiger partial charge is 0.366 e. The van der Waals surface area contributed by atoms with E-state index in [1.165, 1.54) is 16.7 Å². The number of carbonyl (C=O) groups is 1. The number of rotatable bonds is 6. The van der Waals surface area contributed by atoms with Gasteiger partial charge in [-0.2, -0.15) is 0 Å². The van der Waals surface area contributed by atoms with Crippen molar-refractivity contribution in [3.63, 3.8) is 0 Å². The number of methoxy groups -OCH3 is 1. The average molecular weight is 407 g/mol. The Labute approximate surface area is 184 Å². The Kier molecular flexibility index (Phi) is 5.83. The van der Waals surface area contributed by atoms with Gasteiger partial charge in [0.2, 0.25) is 0 Å². The van der Waals surface area contributed by atoms with E-state index in [1.807, 2.05) is 61.5 Å². The zero-order valence-corrected chi connectivity index (χ0v) is 18.1. The number of carbonyl (C=O) groups excluding carboxylic acids is 1. The molecule has 0 radical (unpaired) electrons. The molecule has 0 aromatic heterocycles. The minimum absolute atomic E-state index is 0.0533. The molecule has 2 heteroatoms. The summed E-state index contributed by atoms with van der Waals surface area (Å²) >= 11 is 0. The molecule has 0 spiro atoms. The standard InChI is InChI=1S/C29H26O2/c1-21-9-11-22(12-10-21)23-13-15-24(16-14-23)25-17-19-26(20-18-25)28(30)29(2,31-3)27-7-5-4-6-8-27/h4-20H,1-3H3. The van der Waals surface area contributed by atoms with Crippen LogP contribution in [-0.2, 0) is 10.3 Å². The van der Waals surface area contributed by atoms with E-state index in [1.54, 1.807) is 7.11 Å². The van der Waals surface area contributed by atoms with Crippen molar-refractivity contribution in [3.05, 3.63) is 120 Å². The van der Waals surface area contributed by atoms with Crippen LogP contribution in [0.15, 0.2) is 103 Å². The van der Waals surface area contributed by atoms with Crippen LogP contribution in [0.4, 0.5) is 0 Å². The maximum atomic E-state index is 13.2. The second-order valence-corrected chi connectivity index (χ2v) is 7.95. The molecule has 0 bridgehead atoms. The lowest BCUT2D eigenvalue weighted by Gasteiger charge is -2.27. The maximum absolute atomic E-state index is 13.2. The summed E-state index contributed by atoms with van der Waals surface area (Å²) in [6, 6.07) is 34.4. The SMILES string of the molecule is COC(C)(C(=O)c1ccc(-c2ccc(-c3ccc(C)cc3)cc2)cc1)c1ccccc1. The first kappa shape index (κ1) is 20.8. The van der Waals surface area contributed by atoms with Crippen LogP contribution in [-0.4, -0.2) is 12.9 Å².